The molecule has 3 aromatic rings. The smallest absolute Gasteiger partial charge is 0.293 e. The lowest BCUT2D eigenvalue weighted by molar-refractivity contribution is -0.122. The van der Waals surface area contributed by atoms with Crippen LogP contribution in [0.2, 0.25) is 5.02 Å². The van der Waals surface area contributed by atoms with Gasteiger partial charge in [0.2, 0.25) is 0 Å². The Bertz CT molecular complexity index is 1080. The quantitative estimate of drug-likeness (QED) is 0.661. The summed E-state index contributed by atoms with van der Waals surface area (Å²) in [7, 11) is 3.15. The number of rotatable bonds is 5. The molecule has 0 spiro atoms. The van der Waals surface area contributed by atoms with E-state index in [1.165, 1.54) is 17.8 Å². The number of likely N-dealkylation sites (N-methyl/N-ethyl adjacent to an activating group) is 1. The summed E-state index contributed by atoms with van der Waals surface area (Å²) < 4.78 is 6.84. The Balaban J connectivity index is 0.00000145. The van der Waals surface area contributed by atoms with E-state index in [9.17, 15) is 9.59 Å². The van der Waals surface area contributed by atoms with Crippen molar-refractivity contribution in [2.75, 3.05) is 19.0 Å². The number of ether oxygens (including phenoxy) is 1. The lowest BCUT2D eigenvalue weighted by atomic mass is 10.2. The van der Waals surface area contributed by atoms with Gasteiger partial charge in [0.25, 0.3) is 11.5 Å². The third kappa shape index (κ3) is 5.23. The van der Waals surface area contributed by atoms with E-state index in [1.807, 2.05) is 32.0 Å². The SMILES string of the molecule is CC.CNC(=O)COc1cc2cc(Nc3nc(C)ncc3Cl)ccc2n(C)c1=O. The Morgan fingerprint density at radius 3 is 2.69 bits per heavy atom. The molecule has 0 aliphatic carbocycles. The van der Waals surface area contributed by atoms with Gasteiger partial charge in [0.05, 0.1) is 11.7 Å². The Morgan fingerprint density at radius 2 is 2.00 bits per heavy atom. The van der Waals surface area contributed by atoms with Gasteiger partial charge >= 0.3 is 0 Å². The minimum absolute atomic E-state index is 0.0988. The lowest BCUT2D eigenvalue weighted by Gasteiger charge is -2.12. The number of carbonyl (C=O) groups excluding carboxylic acids is 1. The highest BCUT2D eigenvalue weighted by atomic mass is 35.5. The minimum atomic E-state index is -0.318. The summed E-state index contributed by atoms with van der Waals surface area (Å²) in [6.45, 7) is 5.54. The lowest BCUT2D eigenvalue weighted by Crippen LogP contribution is -2.27. The maximum absolute atomic E-state index is 12.4. The van der Waals surface area contributed by atoms with Gasteiger partial charge in [-0.15, -0.1) is 0 Å². The van der Waals surface area contributed by atoms with Gasteiger partial charge in [-0.3, -0.25) is 9.59 Å². The van der Waals surface area contributed by atoms with E-state index in [2.05, 4.69) is 20.6 Å². The second kappa shape index (κ2) is 9.88. The fourth-order valence-electron chi connectivity index (χ4n) is 2.53. The Kier molecular flexibility index (Phi) is 7.55. The predicted octanol–water partition coefficient (Wildman–Crippen LogP) is 3.18. The van der Waals surface area contributed by atoms with E-state index in [0.717, 1.165) is 16.6 Å². The van der Waals surface area contributed by atoms with E-state index in [0.29, 0.717) is 16.7 Å². The van der Waals surface area contributed by atoms with Crippen molar-refractivity contribution in [1.29, 1.82) is 0 Å². The first-order chi connectivity index (χ1) is 13.9. The fourth-order valence-corrected chi connectivity index (χ4v) is 2.67. The van der Waals surface area contributed by atoms with E-state index in [-0.39, 0.29) is 23.8 Å². The Morgan fingerprint density at radius 1 is 1.28 bits per heavy atom. The molecule has 0 aliphatic rings. The number of hydrogen-bond acceptors (Lipinski definition) is 6. The molecule has 0 aliphatic heterocycles. The van der Waals surface area contributed by atoms with Crippen molar-refractivity contribution in [3.63, 3.8) is 0 Å². The van der Waals surface area contributed by atoms with Crippen LogP contribution in [0.25, 0.3) is 10.9 Å². The van der Waals surface area contributed by atoms with Crippen LogP contribution >= 0.6 is 11.6 Å². The van der Waals surface area contributed by atoms with Gasteiger partial charge in [0.15, 0.2) is 18.2 Å². The third-order valence-electron chi connectivity index (χ3n) is 3.96. The predicted molar refractivity (Wildman–Crippen MR) is 115 cm³/mol. The number of halogens is 1. The van der Waals surface area contributed by atoms with Gasteiger partial charge in [-0.1, -0.05) is 25.4 Å². The first-order valence-electron chi connectivity index (χ1n) is 9.12. The van der Waals surface area contributed by atoms with Crippen molar-refractivity contribution in [1.82, 2.24) is 19.9 Å². The molecule has 0 bridgehead atoms. The van der Waals surface area contributed by atoms with Gasteiger partial charge in [0, 0.05) is 25.2 Å². The average Bonchev–Trinajstić information content (AvgIpc) is 2.73. The second-order valence-corrected chi connectivity index (χ2v) is 6.25. The normalized spacial score (nSPS) is 10.1. The largest absolute Gasteiger partial charge is 0.478 e. The first-order valence-corrected chi connectivity index (χ1v) is 9.50. The second-order valence-electron chi connectivity index (χ2n) is 5.85. The van der Waals surface area contributed by atoms with Crippen LogP contribution in [-0.2, 0) is 11.8 Å². The molecule has 1 aromatic carbocycles. The molecule has 0 unspecified atom stereocenters. The number of aryl methyl sites for hydroxylation is 2. The topological polar surface area (TPSA) is 98.1 Å². The number of benzene rings is 1. The number of nitrogens with zero attached hydrogens (tertiary/aromatic N) is 3. The van der Waals surface area contributed by atoms with Crippen molar-refractivity contribution < 1.29 is 9.53 Å². The van der Waals surface area contributed by atoms with Crippen LogP contribution in [0.4, 0.5) is 11.5 Å². The minimum Gasteiger partial charge on any atom is -0.478 e. The average molecular weight is 418 g/mol. The van der Waals surface area contributed by atoms with Crippen LogP contribution in [0.3, 0.4) is 0 Å². The molecular formula is C20H24ClN5O3. The zero-order valence-corrected chi connectivity index (χ0v) is 17.8. The summed E-state index contributed by atoms with van der Waals surface area (Å²) in [4.78, 5) is 32.1. The van der Waals surface area contributed by atoms with Crippen molar-refractivity contribution in [2.24, 2.45) is 7.05 Å². The highest BCUT2D eigenvalue weighted by molar-refractivity contribution is 6.32. The van der Waals surface area contributed by atoms with Crippen molar-refractivity contribution >= 4 is 39.9 Å². The van der Waals surface area contributed by atoms with Crippen LogP contribution in [-0.4, -0.2) is 34.1 Å². The molecule has 2 aromatic heterocycles. The summed E-state index contributed by atoms with van der Waals surface area (Å²) in [6, 6.07) is 7.08. The Hall–Kier alpha value is -3.13. The number of anilines is 2. The number of aromatic nitrogens is 3. The molecule has 1 amide bonds. The van der Waals surface area contributed by atoms with Crippen molar-refractivity contribution in [3.8, 4) is 5.75 Å². The van der Waals surface area contributed by atoms with Crippen LogP contribution in [0.15, 0.2) is 35.3 Å². The fraction of sp³-hybridized carbons (Fsp3) is 0.300. The summed E-state index contributed by atoms with van der Waals surface area (Å²) in [5.74, 6) is 0.863. The van der Waals surface area contributed by atoms with Crippen molar-refractivity contribution in [2.45, 2.75) is 20.8 Å². The van der Waals surface area contributed by atoms with E-state index in [1.54, 1.807) is 20.0 Å². The Labute approximate surface area is 173 Å². The molecule has 0 saturated heterocycles. The van der Waals surface area contributed by atoms with Crippen LogP contribution in [0, 0.1) is 6.92 Å². The molecule has 0 fully saturated rings. The van der Waals surface area contributed by atoms with Crippen LogP contribution in [0.5, 0.6) is 5.75 Å². The van der Waals surface area contributed by atoms with Gasteiger partial charge in [-0.25, -0.2) is 9.97 Å². The number of amides is 1. The zero-order valence-electron chi connectivity index (χ0n) is 17.0. The first kappa shape index (κ1) is 22.2. The molecule has 2 heterocycles. The summed E-state index contributed by atoms with van der Waals surface area (Å²) in [6.07, 6.45) is 1.53. The molecule has 8 nitrogen and oxygen atoms in total. The maximum atomic E-state index is 12.4. The van der Waals surface area contributed by atoms with Crippen LogP contribution in [0.1, 0.15) is 19.7 Å². The highest BCUT2D eigenvalue weighted by Gasteiger charge is 2.11. The molecule has 29 heavy (non-hydrogen) atoms. The summed E-state index contributed by atoms with van der Waals surface area (Å²) in [5, 5.41) is 6.75. The van der Waals surface area contributed by atoms with Gasteiger partial charge < -0.3 is 19.9 Å². The molecule has 0 radical (unpaired) electrons. The molecule has 154 valence electrons. The van der Waals surface area contributed by atoms with Crippen molar-refractivity contribution in [3.05, 3.63) is 51.7 Å². The zero-order chi connectivity index (χ0) is 21.6. The van der Waals surface area contributed by atoms with E-state index in [4.69, 9.17) is 16.3 Å². The van der Waals surface area contributed by atoms with E-state index >= 15 is 0 Å². The summed E-state index contributed by atoms with van der Waals surface area (Å²) in [5.41, 5.74) is 1.14. The molecule has 9 heteroatoms. The molecule has 2 N–H and O–H groups in total. The molecule has 0 atom stereocenters. The maximum Gasteiger partial charge on any atom is 0.293 e. The van der Waals surface area contributed by atoms with Gasteiger partial charge in [-0.05, 0) is 31.2 Å². The standard InChI is InChI=1S/C18H18ClN5O3.C2H6/c1-10-21-8-13(19)17(22-10)23-12-4-5-14-11(6-12)7-15(18(26)24(14)3)27-9-16(25)20-2;1-2/h4-8H,9H2,1-3H3,(H,20,25)(H,21,22,23);1-2H3. The number of nitrogens with one attached hydrogen (secondary N) is 2. The molecular weight excluding hydrogens is 394 g/mol. The van der Waals surface area contributed by atoms with E-state index < -0.39 is 0 Å². The van der Waals surface area contributed by atoms with Crippen LogP contribution < -0.4 is 20.9 Å². The number of pyridine rings is 1. The van der Waals surface area contributed by atoms with Gasteiger partial charge in [0.1, 0.15) is 10.8 Å². The molecule has 0 saturated carbocycles. The molecule has 3 rings (SSSR count). The highest BCUT2D eigenvalue weighted by Crippen LogP contribution is 2.26. The number of hydrogen-bond donors (Lipinski definition) is 2. The van der Waals surface area contributed by atoms with Gasteiger partial charge in [-0.2, -0.15) is 0 Å². The number of fused-ring (bicyclic) bond motifs is 1. The summed E-state index contributed by atoms with van der Waals surface area (Å²) >= 11 is 6.13. The number of carbonyl (C=O) groups is 1. The monoisotopic (exact) mass is 417 g/mol. The third-order valence-corrected chi connectivity index (χ3v) is 4.23.